The maximum absolute atomic E-state index is 13.0. The normalized spacial score (nSPS) is 11.3. The molecule has 0 radical (unpaired) electrons. The smallest absolute Gasteiger partial charge is 0.416 e. The Morgan fingerprint density at radius 3 is 2.10 bits per heavy atom. The lowest BCUT2D eigenvalue weighted by Gasteiger charge is -2.19. The van der Waals surface area contributed by atoms with E-state index in [-0.39, 0.29) is 5.69 Å². The fourth-order valence-corrected chi connectivity index (χ4v) is 2.73. The van der Waals surface area contributed by atoms with E-state index in [1.807, 2.05) is 0 Å². The number of carbonyl (C=O) groups is 1. The van der Waals surface area contributed by atoms with Gasteiger partial charge in [0.25, 0.3) is 0 Å². The molecule has 0 aromatic heterocycles. The molecule has 1 N–H and O–H groups in total. The van der Waals surface area contributed by atoms with E-state index in [1.165, 1.54) is 39.5 Å². The molecule has 0 aliphatic rings. The van der Waals surface area contributed by atoms with Crippen molar-refractivity contribution in [2.75, 3.05) is 45.6 Å². The van der Waals surface area contributed by atoms with Crippen molar-refractivity contribution in [3.05, 3.63) is 47.5 Å². The maximum Gasteiger partial charge on any atom is 0.416 e. The van der Waals surface area contributed by atoms with Crippen LogP contribution in [0.15, 0.2) is 36.4 Å². The Hall–Kier alpha value is -3.36. The van der Waals surface area contributed by atoms with Gasteiger partial charge in [0.1, 0.15) is 5.75 Å². The molecule has 2 aromatic rings. The Labute approximate surface area is 172 Å². The van der Waals surface area contributed by atoms with Gasteiger partial charge in [-0.3, -0.25) is 4.79 Å². The number of hydrogen-bond acceptors (Lipinski definition) is 5. The minimum Gasteiger partial charge on any atom is -0.496 e. The Morgan fingerprint density at radius 2 is 1.57 bits per heavy atom. The zero-order valence-electron chi connectivity index (χ0n) is 17.3. The predicted molar refractivity (Wildman–Crippen MR) is 110 cm³/mol. The molecule has 9 heteroatoms. The van der Waals surface area contributed by atoms with Gasteiger partial charge in [0.15, 0.2) is 11.5 Å². The van der Waals surface area contributed by atoms with Crippen LogP contribution >= 0.6 is 0 Å². The minimum atomic E-state index is -4.52. The second kappa shape index (κ2) is 9.43. The number of nitrogens with one attached hydrogen (secondary N) is 1. The van der Waals surface area contributed by atoms with E-state index in [1.54, 1.807) is 31.1 Å². The summed E-state index contributed by atoms with van der Waals surface area (Å²) in [6.45, 7) is 0. The van der Waals surface area contributed by atoms with Gasteiger partial charge in [-0.1, -0.05) is 0 Å². The number of carbonyl (C=O) groups excluding carboxylic acids is 1. The van der Waals surface area contributed by atoms with Crippen LogP contribution in [0.4, 0.5) is 24.5 Å². The summed E-state index contributed by atoms with van der Waals surface area (Å²) in [7, 11) is 7.76. The molecule has 2 aromatic carbocycles. The van der Waals surface area contributed by atoms with Crippen LogP contribution in [0.2, 0.25) is 0 Å². The summed E-state index contributed by atoms with van der Waals surface area (Å²) in [6.07, 6.45) is -1.85. The number of anilines is 2. The highest BCUT2D eigenvalue weighted by atomic mass is 19.4. The highest BCUT2D eigenvalue weighted by Crippen LogP contribution is 2.36. The first-order chi connectivity index (χ1) is 14.1. The number of halogens is 3. The van der Waals surface area contributed by atoms with Crippen molar-refractivity contribution in [1.29, 1.82) is 0 Å². The second-order valence-electron chi connectivity index (χ2n) is 6.40. The molecule has 0 saturated heterocycles. The number of rotatable bonds is 7. The zero-order valence-corrected chi connectivity index (χ0v) is 17.3. The molecule has 2 rings (SSSR count). The average molecular weight is 424 g/mol. The molecular formula is C21H23F3N2O4. The monoisotopic (exact) mass is 424 g/mol. The SMILES string of the molecule is COc1cc(OC)c(OC)cc1/C=C/C(=O)Nc1cc(C(F)(F)F)ccc1N(C)C. The second-order valence-corrected chi connectivity index (χ2v) is 6.40. The summed E-state index contributed by atoms with van der Waals surface area (Å²) in [5.41, 5.74) is 0.160. The fraction of sp³-hybridized carbons (Fsp3) is 0.286. The van der Waals surface area contributed by atoms with Crippen LogP contribution < -0.4 is 24.4 Å². The van der Waals surface area contributed by atoms with Gasteiger partial charge in [-0.2, -0.15) is 13.2 Å². The summed E-state index contributed by atoms with van der Waals surface area (Å²) in [6, 6.07) is 6.40. The zero-order chi connectivity index (χ0) is 22.5. The molecule has 0 bridgehead atoms. The lowest BCUT2D eigenvalue weighted by Crippen LogP contribution is -2.16. The molecule has 30 heavy (non-hydrogen) atoms. The summed E-state index contributed by atoms with van der Waals surface area (Å²) >= 11 is 0. The number of hydrogen-bond donors (Lipinski definition) is 1. The summed E-state index contributed by atoms with van der Waals surface area (Å²) in [5, 5.41) is 2.50. The number of methoxy groups -OCH3 is 3. The maximum atomic E-state index is 13.0. The molecule has 0 aliphatic heterocycles. The number of alkyl halides is 3. The van der Waals surface area contributed by atoms with Crippen molar-refractivity contribution in [2.24, 2.45) is 0 Å². The molecule has 0 atom stereocenters. The third-order valence-corrected chi connectivity index (χ3v) is 4.21. The first-order valence-electron chi connectivity index (χ1n) is 8.78. The van der Waals surface area contributed by atoms with E-state index in [2.05, 4.69) is 5.32 Å². The molecule has 0 fully saturated rings. The molecule has 0 unspecified atom stereocenters. The Kier molecular flexibility index (Phi) is 7.20. The quantitative estimate of drug-likeness (QED) is 0.666. The third kappa shape index (κ3) is 5.37. The standard InChI is InChI=1S/C21H23F3N2O4/c1-26(2)16-8-7-14(21(22,23)24)11-15(16)25-20(27)9-6-13-10-18(29-4)19(30-5)12-17(13)28-3/h6-12H,1-5H3,(H,25,27)/b9-6+. The van der Waals surface area contributed by atoms with Crippen LogP contribution in [0.5, 0.6) is 17.2 Å². The van der Waals surface area contributed by atoms with E-state index < -0.39 is 17.6 Å². The van der Waals surface area contributed by atoms with Gasteiger partial charge in [-0.05, 0) is 30.3 Å². The van der Waals surface area contributed by atoms with Gasteiger partial charge in [-0.25, -0.2) is 0 Å². The Balaban J connectivity index is 2.32. The van der Waals surface area contributed by atoms with Crippen LogP contribution in [0.25, 0.3) is 6.08 Å². The average Bonchev–Trinajstić information content (AvgIpc) is 2.70. The van der Waals surface area contributed by atoms with Crippen molar-refractivity contribution in [2.45, 2.75) is 6.18 Å². The van der Waals surface area contributed by atoms with Crippen molar-refractivity contribution < 1.29 is 32.2 Å². The number of amides is 1. The number of benzene rings is 2. The Bertz CT molecular complexity index is 941. The van der Waals surface area contributed by atoms with Crippen molar-refractivity contribution in [3.63, 3.8) is 0 Å². The van der Waals surface area contributed by atoms with Gasteiger partial charge in [-0.15, -0.1) is 0 Å². The molecule has 0 heterocycles. The molecule has 1 amide bonds. The Morgan fingerprint density at radius 1 is 0.967 bits per heavy atom. The molecule has 162 valence electrons. The van der Waals surface area contributed by atoms with Gasteiger partial charge in [0.2, 0.25) is 5.91 Å². The number of nitrogens with zero attached hydrogens (tertiary/aromatic N) is 1. The fourth-order valence-electron chi connectivity index (χ4n) is 2.73. The van der Waals surface area contributed by atoms with Crippen molar-refractivity contribution >= 4 is 23.4 Å². The van der Waals surface area contributed by atoms with Crippen LogP contribution in [0, 0.1) is 0 Å². The molecule has 0 saturated carbocycles. The molecule has 0 aliphatic carbocycles. The van der Waals surface area contributed by atoms with E-state index >= 15 is 0 Å². The summed E-state index contributed by atoms with van der Waals surface area (Å²) in [5.74, 6) is 0.723. The first-order valence-corrected chi connectivity index (χ1v) is 8.78. The van der Waals surface area contributed by atoms with Crippen LogP contribution in [0.1, 0.15) is 11.1 Å². The lowest BCUT2D eigenvalue weighted by atomic mass is 10.1. The first kappa shape index (κ1) is 22.9. The van der Waals surface area contributed by atoms with Crippen LogP contribution in [-0.4, -0.2) is 41.3 Å². The highest BCUT2D eigenvalue weighted by molar-refractivity contribution is 6.04. The van der Waals surface area contributed by atoms with Crippen molar-refractivity contribution in [1.82, 2.24) is 0 Å². The van der Waals surface area contributed by atoms with Gasteiger partial charge >= 0.3 is 6.18 Å². The third-order valence-electron chi connectivity index (χ3n) is 4.21. The molecular weight excluding hydrogens is 401 g/mol. The van der Waals surface area contributed by atoms with Gasteiger partial charge in [0, 0.05) is 31.8 Å². The van der Waals surface area contributed by atoms with Crippen LogP contribution in [-0.2, 0) is 11.0 Å². The molecule has 6 nitrogen and oxygen atoms in total. The van der Waals surface area contributed by atoms with E-state index in [9.17, 15) is 18.0 Å². The summed E-state index contributed by atoms with van der Waals surface area (Å²) < 4.78 is 54.9. The van der Waals surface area contributed by atoms with E-state index in [0.717, 1.165) is 12.1 Å². The van der Waals surface area contributed by atoms with Gasteiger partial charge < -0.3 is 24.4 Å². The number of ether oxygens (including phenoxy) is 3. The van der Waals surface area contributed by atoms with E-state index in [0.29, 0.717) is 28.5 Å². The summed E-state index contributed by atoms with van der Waals surface area (Å²) in [4.78, 5) is 14.0. The topological polar surface area (TPSA) is 60.0 Å². The minimum absolute atomic E-state index is 0.0451. The van der Waals surface area contributed by atoms with Gasteiger partial charge in [0.05, 0.1) is 38.3 Å². The molecule has 0 spiro atoms. The highest BCUT2D eigenvalue weighted by Gasteiger charge is 2.31. The van der Waals surface area contributed by atoms with E-state index in [4.69, 9.17) is 14.2 Å². The lowest BCUT2D eigenvalue weighted by molar-refractivity contribution is -0.137. The van der Waals surface area contributed by atoms with Crippen molar-refractivity contribution in [3.8, 4) is 17.2 Å². The predicted octanol–water partition coefficient (Wildman–Crippen LogP) is 4.45. The largest absolute Gasteiger partial charge is 0.496 e. The van der Waals surface area contributed by atoms with Crippen LogP contribution in [0.3, 0.4) is 0 Å².